The molecule has 0 aliphatic rings. The van der Waals surface area contributed by atoms with Gasteiger partial charge in [0.2, 0.25) is 0 Å². The smallest absolute Gasteiger partial charge is 0.252 e. The van der Waals surface area contributed by atoms with Crippen molar-refractivity contribution in [2.75, 3.05) is 11.1 Å². The average Bonchev–Trinajstić information content (AvgIpc) is 2.83. The lowest BCUT2D eigenvalue weighted by molar-refractivity contribution is 0.100. The Balaban J connectivity index is 2.21. The number of hydrogen-bond acceptors (Lipinski definition) is 4. The SMILES string of the molecule is Cc1ccccc1Nc1c(C(N)=O)cnn2c(N)ccc12. The van der Waals surface area contributed by atoms with E-state index in [2.05, 4.69) is 10.4 Å². The molecule has 0 radical (unpaired) electrons. The van der Waals surface area contributed by atoms with Gasteiger partial charge < -0.3 is 16.8 Å². The molecular formula is C15H15N5O. The topological polar surface area (TPSA) is 98.4 Å². The number of fused-ring (bicyclic) bond motifs is 1. The van der Waals surface area contributed by atoms with Crippen molar-refractivity contribution in [2.45, 2.75) is 6.92 Å². The van der Waals surface area contributed by atoms with Gasteiger partial charge in [0.1, 0.15) is 5.82 Å². The highest BCUT2D eigenvalue weighted by molar-refractivity contribution is 6.03. The van der Waals surface area contributed by atoms with E-state index in [0.29, 0.717) is 22.6 Å². The number of carbonyl (C=O) groups excluding carboxylic acids is 1. The molecule has 0 spiro atoms. The van der Waals surface area contributed by atoms with Crippen LogP contribution in [0, 0.1) is 6.92 Å². The van der Waals surface area contributed by atoms with Gasteiger partial charge in [-0.25, -0.2) is 4.52 Å². The number of benzene rings is 1. The molecule has 2 aromatic heterocycles. The largest absolute Gasteiger partial charge is 0.384 e. The van der Waals surface area contributed by atoms with Gasteiger partial charge in [0.25, 0.3) is 5.91 Å². The summed E-state index contributed by atoms with van der Waals surface area (Å²) in [6.45, 7) is 1.98. The fraction of sp³-hybridized carbons (Fsp3) is 0.0667. The standard InChI is InChI=1S/C15H15N5O/c1-9-4-2-3-5-11(9)19-14-10(15(17)21)8-18-20-12(14)6-7-13(20)16/h2-8,19H,16H2,1H3,(H2,17,21). The summed E-state index contributed by atoms with van der Waals surface area (Å²) in [5.74, 6) is -0.0466. The maximum atomic E-state index is 11.6. The Labute approximate surface area is 121 Å². The molecule has 106 valence electrons. The molecule has 2 heterocycles. The minimum absolute atomic E-state index is 0.323. The van der Waals surface area contributed by atoms with Crippen molar-refractivity contribution in [1.82, 2.24) is 9.61 Å². The molecule has 0 bridgehead atoms. The van der Waals surface area contributed by atoms with Gasteiger partial charge in [-0.15, -0.1) is 0 Å². The first-order valence-corrected chi connectivity index (χ1v) is 6.46. The molecule has 0 atom stereocenters. The fourth-order valence-corrected chi connectivity index (χ4v) is 2.25. The van der Waals surface area contributed by atoms with Crippen molar-refractivity contribution in [2.24, 2.45) is 5.73 Å². The number of anilines is 3. The van der Waals surface area contributed by atoms with Crippen molar-refractivity contribution >= 4 is 28.6 Å². The number of primary amides is 1. The third-order valence-electron chi connectivity index (χ3n) is 3.38. The van der Waals surface area contributed by atoms with Crippen LogP contribution in [-0.2, 0) is 0 Å². The van der Waals surface area contributed by atoms with Crippen molar-refractivity contribution < 1.29 is 4.79 Å². The number of aromatic nitrogens is 2. The van der Waals surface area contributed by atoms with Crippen LogP contribution in [0.5, 0.6) is 0 Å². The van der Waals surface area contributed by atoms with Crippen LogP contribution in [0.4, 0.5) is 17.2 Å². The molecule has 0 fully saturated rings. The first-order valence-electron chi connectivity index (χ1n) is 6.46. The second kappa shape index (κ2) is 4.82. The van der Waals surface area contributed by atoms with Crippen LogP contribution >= 0.6 is 0 Å². The highest BCUT2D eigenvalue weighted by Gasteiger charge is 2.15. The first kappa shape index (κ1) is 13.0. The van der Waals surface area contributed by atoms with Crippen LogP contribution in [0.25, 0.3) is 5.52 Å². The Kier molecular flexibility index (Phi) is 2.98. The van der Waals surface area contributed by atoms with E-state index in [4.69, 9.17) is 11.5 Å². The van der Waals surface area contributed by atoms with Gasteiger partial charge in [-0.1, -0.05) is 18.2 Å². The molecule has 0 aliphatic carbocycles. The molecule has 5 N–H and O–H groups in total. The minimum atomic E-state index is -0.541. The number of aryl methyl sites for hydroxylation is 1. The maximum Gasteiger partial charge on any atom is 0.252 e. The highest BCUT2D eigenvalue weighted by Crippen LogP contribution is 2.28. The van der Waals surface area contributed by atoms with E-state index in [9.17, 15) is 4.79 Å². The summed E-state index contributed by atoms with van der Waals surface area (Å²) in [4.78, 5) is 11.6. The Morgan fingerprint density at radius 1 is 1.24 bits per heavy atom. The van der Waals surface area contributed by atoms with E-state index in [-0.39, 0.29) is 0 Å². The van der Waals surface area contributed by atoms with Gasteiger partial charge in [0, 0.05) is 5.69 Å². The third kappa shape index (κ3) is 2.16. The van der Waals surface area contributed by atoms with Gasteiger partial charge in [-0.2, -0.15) is 5.10 Å². The van der Waals surface area contributed by atoms with Crippen molar-refractivity contribution in [3.63, 3.8) is 0 Å². The van der Waals surface area contributed by atoms with Gasteiger partial charge in [0.05, 0.1) is 23.0 Å². The highest BCUT2D eigenvalue weighted by atomic mass is 16.1. The van der Waals surface area contributed by atoms with E-state index >= 15 is 0 Å². The zero-order valence-electron chi connectivity index (χ0n) is 11.5. The van der Waals surface area contributed by atoms with Crippen LogP contribution in [0.3, 0.4) is 0 Å². The predicted molar refractivity (Wildman–Crippen MR) is 82.6 cm³/mol. The Morgan fingerprint density at radius 3 is 2.71 bits per heavy atom. The number of hydrogen-bond donors (Lipinski definition) is 3. The van der Waals surface area contributed by atoms with E-state index in [1.807, 2.05) is 31.2 Å². The quantitative estimate of drug-likeness (QED) is 0.684. The van der Waals surface area contributed by atoms with Crippen molar-refractivity contribution in [3.8, 4) is 0 Å². The van der Waals surface area contributed by atoms with Crippen LogP contribution in [0.2, 0.25) is 0 Å². The normalized spacial score (nSPS) is 10.7. The van der Waals surface area contributed by atoms with Crippen molar-refractivity contribution in [1.29, 1.82) is 0 Å². The monoisotopic (exact) mass is 281 g/mol. The Hall–Kier alpha value is -3.02. The number of nitrogens with one attached hydrogen (secondary N) is 1. The molecule has 1 aromatic carbocycles. The number of para-hydroxylation sites is 1. The summed E-state index contributed by atoms with van der Waals surface area (Å²) >= 11 is 0. The zero-order chi connectivity index (χ0) is 15.0. The van der Waals surface area contributed by atoms with E-state index < -0.39 is 5.91 Å². The number of rotatable bonds is 3. The summed E-state index contributed by atoms with van der Waals surface area (Å²) in [5.41, 5.74) is 14.9. The van der Waals surface area contributed by atoms with Crippen LogP contribution in [0.1, 0.15) is 15.9 Å². The number of nitrogens with two attached hydrogens (primary N) is 2. The molecule has 0 saturated carbocycles. The lowest BCUT2D eigenvalue weighted by atomic mass is 10.1. The summed E-state index contributed by atoms with van der Waals surface area (Å²) in [5, 5.41) is 7.40. The second-order valence-electron chi connectivity index (χ2n) is 4.79. The number of nitrogens with zero attached hydrogens (tertiary/aromatic N) is 2. The van der Waals surface area contributed by atoms with E-state index in [1.54, 1.807) is 16.6 Å². The van der Waals surface area contributed by atoms with Gasteiger partial charge in [0.15, 0.2) is 0 Å². The number of amides is 1. The van der Waals surface area contributed by atoms with E-state index in [0.717, 1.165) is 11.3 Å². The maximum absolute atomic E-state index is 11.6. The molecule has 6 nitrogen and oxygen atoms in total. The van der Waals surface area contributed by atoms with Crippen molar-refractivity contribution in [3.05, 3.63) is 53.7 Å². The minimum Gasteiger partial charge on any atom is -0.384 e. The molecule has 0 saturated heterocycles. The molecule has 1 amide bonds. The molecule has 6 heteroatoms. The lowest BCUT2D eigenvalue weighted by Gasteiger charge is -2.13. The van der Waals surface area contributed by atoms with Gasteiger partial charge in [-0.05, 0) is 30.7 Å². The fourth-order valence-electron chi connectivity index (χ4n) is 2.25. The van der Waals surface area contributed by atoms with Gasteiger partial charge in [-0.3, -0.25) is 4.79 Å². The van der Waals surface area contributed by atoms with Crippen LogP contribution in [0.15, 0.2) is 42.6 Å². The third-order valence-corrected chi connectivity index (χ3v) is 3.38. The number of carbonyl (C=O) groups is 1. The second-order valence-corrected chi connectivity index (χ2v) is 4.79. The van der Waals surface area contributed by atoms with Gasteiger partial charge >= 0.3 is 0 Å². The Bertz CT molecular complexity index is 837. The summed E-state index contributed by atoms with van der Waals surface area (Å²) in [6.07, 6.45) is 1.42. The summed E-state index contributed by atoms with van der Waals surface area (Å²) in [7, 11) is 0. The summed E-state index contributed by atoms with van der Waals surface area (Å²) in [6, 6.07) is 11.3. The molecule has 21 heavy (non-hydrogen) atoms. The molecule has 0 aliphatic heterocycles. The van der Waals surface area contributed by atoms with Crippen LogP contribution < -0.4 is 16.8 Å². The Morgan fingerprint density at radius 2 is 2.00 bits per heavy atom. The molecule has 3 aromatic rings. The zero-order valence-corrected chi connectivity index (χ0v) is 11.5. The average molecular weight is 281 g/mol. The number of nitrogen functional groups attached to an aromatic ring is 1. The molecular weight excluding hydrogens is 266 g/mol. The summed E-state index contributed by atoms with van der Waals surface area (Å²) < 4.78 is 1.56. The first-order chi connectivity index (χ1) is 10.1. The van der Waals surface area contributed by atoms with Crippen LogP contribution in [-0.4, -0.2) is 15.5 Å². The lowest BCUT2D eigenvalue weighted by Crippen LogP contribution is -2.15. The van der Waals surface area contributed by atoms with E-state index in [1.165, 1.54) is 6.20 Å². The molecule has 0 unspecified atom stereocenters. The molecule has 3 rings (SSSR count). The predicted octanol–water partition coefficient (Wildman–Crippen LogP) is 2.07.